The Morgan fingerprint density at radius 3 is 2.32 bits per heavy atom. The van der Waals surface area contributed by atoms with Crippen molar-refractivity contribution >= 4 is 0 Å². The Balaban J connectivity index is 1.57. The molecular formula is C24H34N. The van der Waals surface area contributed by atoms with Crippen LogP contribution in [-0.4, -0.2) is 0 Å². The van der Waals surface area contributed by atoms with Crippen molar-refractivity contribution in [2.75, 3.05) is 0 Å². The molecule has 1 nitrogen and oxygen atoms in total. The molecule has 0 N–H and O–H groups in total. The first kappa shape index (κ1) is 19.8. The van der Waals surface area contributed by atoms with E-state index in [4.69, 9.17) is 5.26 Å². The quantitative estimate of drug-likeness (QED) is 0.414. The molecule has 0 atom stereocenters. The SMILES string of the molecule is CCCCCCCC[C@H]1CC[C@H](/C=C/[CH]c2ccc(C#N)cc2)CC1. The molecule has 0 heterocycles. The first-order valence-corrected chi connectivity index (χ1v) is 10.3. The minimum Gasteiger partial charge on any atom is -0.192 e. The lowest BCUT2D eigenvalue weighted by Crippen LogP contribution is -2.13. The van der Waals surface area contributed by atoms with Crippen molar-refractivity contribution in [2.24, 2.45) is 11.8 Å². The molecular weight excluding hydrogens is 302 g/mol. The van der Waals surface area contributed by atoms with Gasteiger partial charge in [0.05, 0.1) is 11.6 Å². The van der Waals surface area contributed by atoms with E-state index >= 15 is 0 Å². The van der Waals surface area contributed by atoms with E-state index in [0.717, 1.165) is 17.4 Å². The Kier molecular flexibility index (Phi) is 9.42. The zero-order valence-corrected chi connectivity index (χ0v) is 15.9. The normalized spacial score (nSPS) is 20.6. The first-order valence-electron chi connectivity index (χ1n) is 10.3. The Bertz CT molecular complexity index is 526. The predicted octanol–water partition coefficient (Wildman–Crippen LogP) is 7.22. The number of unbranched alkanes of at least 4 members (excludes halogenated alkanes) is 5. The van der Waals surface area contributed by atoms with Crippen LogP contribution in [0, 0.1) is 29.6 Å². The number of nitriles is 1. The lowest BCUT2D eigenvalue weighted by atomic mass is 9.79. The second-order valence-electron chi connectivity index (χ2n) is 7.62. The van der Waals surface area contributed by atoms with Crippen LogP contribution >= 0.6 is 0 Å². The lowest BCUT2D eigenvalue weighted by Gasteiger charge is -2.26. The number of nitrogens with zero attached hydrogens (tertiary/aromatic N) is 1. The summed E-state index contributed by atoms with van der Waals surface area (Å²) >= 11 is 0. The molecule has 1 aromatic carbocycles. The van der Waals surface area contributed by atoms with Crippen molar-refractivity contribution in [1.82, 2.24) is 0 Å². The Morgan fingerprint density at radius 2 is 1.64 bits per heavy atom. The van der Waals surface area contributed by atoms with Crippen LogP contribution in [0.5, 0.6) is 0 Å². The van der Waals surface area contributed by atoms with Crippen LogP contribution in [-0.2, 0) is 0 Å². The number of allylic oxidation sites excluding steroid dienone is 2. The van der Waals surface area contributed by atoms with Gasteiger partial charge in [-0.3, -0.25) is 0 Å². The van der Waals surface area contributed by atoms with Gasteiger partial charge < -0.3 is 0 Å². The van der Waals surface area contributed by atoms with Crippen molar-refractivity contribution in [1.29, 1.82) is 5.26 Å². The molecule has 0 saturated heterocycles. The molecule has 1 aliphatic rings. The molecule has 0 aromatic heterocycles. The van der Waals surface area contributed by atoms with Gasteiger partial charge in [-0.1, -0.05) is 76.2 Å². The zero-order valence-electron chi connectivity index (χ0n) is 15.9. The summed E-state index contributed by atoms with van der Waals surface area (Å²) in [7, 11) is 0. The Morgan fingerprint density at radius 1 is 0.960 bits per heavy atom. The number of rotatable bonds is 10. The first-order chi connectivity index (χ1) is 12.3. The number of hydrogen-bond acceptors (Lipinski definition) is 1. The summed E-state index contributed by atoms with van der Waals surface area (Å²) in [4.78, 5) is 0. The molecule has 135 valence electrons. The van der Waals surface area contributed by atoms with E-state index in [1.807, 2.05) is 24.3 Å². The third kappa shape index (κ3) is 7.91. The lowest BCUT2D eigenvalue weighted by molar-refractivity contribution is 0.288. The highest BCUT2D eigenvalue weighted by atomic mass is 14.2. The second-order valence-corrected chi connectivity index (χ2v) is 7.62. The molecule has 0 unspecified atom stereocenters. The molecule has 1 aliphatic carbocycles. The van der Waals surface area contributed by atoms with Crippen LogP contribution in [0.1, 0.15) is 88.7 Å². The van der Waals surface area contributed by atoms with E-state index in [0.29, 0.717) is 0 Å². The van der Waals surface area contributed by atoms with Gasteiger partial charge in [-0.15, -0.1) is 0 Å². The van der Waals surface area contributed by atoms with Crippen LogP contribution in [0.3, 0.4) is 0 Å². The van der Waals surface area contributed by atoms with Crippen LogP contribution < -0.4 is 0 Å². The zero-order chi connectivity index (χ0) is 17.7. The highest BCUT2D eigenvalue weighted by molar-refractivity contribution is 5.36. The third-order valence-electron chi connectivity index (χ3n) is 5.57. The largest absolute Gasteiger partial charge is 0.192 e. The van der Waals surface area contributed by atoms with Crippen molar-refractivity contribution in [3.8, 4) is 6.07 Å². The van der Waals surface area contributed by atoms with Gasteiger partial charge in [0.2, 0.25) is 0 Å². The summed E-state index contributed by atoms with van der Waals surface area (Å²) in [5.41, 5.74) is 1.90. The molecule has 25 heavy (non-hydrogen) atoms. The summed E-state index contributed by atoms with van der Waals surface area (Å²) < 4.78 is 0. The van der Waals surface area contributed by atoms with Gasteiger partial charge in [-0.25, -0.2) is 0 Å². The Hall–Kier alpha value is -1.55. The average molecular weight is 337 g/mol. The monoisotopic (exact) mass is 336 g/mol. The van der Waals surface area contributed by atoms with Gasteiger partial charge in [0, 0.05) is 6.42 Å². The minimum absolute atomic E-state index is 0.727. The molecule has 1 fully saturated rings. The van der Waals surface area contributed by atoms with Crippen LogP contribution in [0.2, 0.25) is 0 Å². The third-order valence-corrected chi connectivity index (χ3v) is 5.57. The van der Waals surface area contributed by atoms with Crippen molar-refractivity contribution < 1.29 is 0 Å². The molecule has 2 rings (SSSR count). The average Bonchev–Trinajstić information content (AvgIpc) is 2.66. The second kappa shape index (κ2) is 11.9. The van der Waals surface area contributed by atoms with Gasteiger partial charge in [-0.05, 0) is 55.2 Å². The maximum Gasteiger partial charge on any atom is 0.0991 e. The van der Waals surface area contributed by atoms with E-state index in [-0.39, 0.29) is 0 Å². The van der Waals surface area contributed by atoms with E-state index in [2.05, 4.69) is 31.6 Å². The fourth-order valence-electron chi connectivity index (χ4n) is 3.88. The van der Waals surface area contributed by atoms with E-state index in [9.17, 15) is 0 Å². The highest BCUT2D eigenvalue weighted by Crippen LogP contribution is 2.32. The molecule has 1 heteroatoms. The summed E-state index contributed by atoms with van der Waals surface area (Å²) in [5, 5.41) is 8.82. The van der Waals surface area contributed by atoms with Crippen molar-refractivity contribution in [3.63, 3.8) is 0 Å². The van der Waals surface area contributed by atoms with E-state index in [1.165, 1.54) is 76.2 Å². The topological polar surface area (TPSA) is 23.8 Å². The van der Waals surface area contributed by atoms with Gasteiger partial charge in [0.25, 0.3) is 0 Å². The molecule has 1 aromatic rings. The van der Waals surface area contributed by atoms with Crippen LogP contribution in [0.4, 0.5) is 0 Å². The van der Waals surface area contributed by atoms with Gasteiger partial charge in [-0.2, -0.15) is 5.26 Å². The standard InChI is InChI=1S/C24H34N/c1-2-3-4-5-6-7-9-21-12-14-22(15-13-21)10-8-11-23-16-18-24(20-25)19-17-23/h8,10-11,16-19,21-22H,2-7,9,12-15H2,1H3/b10-8+/t21-,22-. The van der Waals surface area contributed by atoms with E-state index < -0.39 is 0 Å². The summed E-state index contributed by atoms with van der Waals surface area (Å²) in [6.07, 6.45) is 22.3. The maximum atomic E-state index is 8.82. The van der Waals surface area contributed by atoms with Crippen molar-refractivity contribution in [3.05, 3.63) is 54.0 Å². The Labute approximate surface area is 155 Å². The fraction of sp³-hybridized carbons (Fsp3) is 0.583. The van der Waals surface area contributed by atoms with Gasteiger partial charge in [0.1, 0.15) is 0 Å². The van der Waals surface area contributed by atoms with E-state index in [1.54, 1.807) is 0 Å². The molecule has 0 amide bonds. The maximum absolute atomic E-state index is 8.82. The summed E-state index contributed by atoms with van der Waals surface area (Å²) in [6, 6.07) is 9.95. The van der Waals surface area contributed by atoms with Gasteiger partial charge >= 0.3 is 0 Å². The van der Waals surface area contributed by atoms with Gasteiger partial charge in [0.15, 0.2) is 0 Å². The summed E-state index contributed by atoms with van der Waals surface area (Å²) in [5.74, 6) is 1.74. The molecule has 0 aliphatic heterocycles. The molecule has 1 radical (unpaired) electrons. The molecule has 0 bridgehead atoms. The summed E-state index contributed by atoms with van der Waals surface area (Å²) in [6.45, 7) is 2.29. The number of hydrogen-bond donors (Lipinski definition) is 0. The smallest absolute Gasteiger partial charge is 0.0991 e. The van der Waals surface area contributed by atoms with Crippen LogP contribution in [0.25, 0.3) is 0 Å². The van der Waals surface area contributed by atoms with Crippen LogP contribution in [0.15, 0.2) is 36.4 Å². The van der Waals surface area contributed by atoms with Crippen molar-refractivity contribution in [2.45, 2.75) is 77.6 Å². The number of benzene rings is 1. The molecule has 0 spiro atoms. The minimum atomic E-state index is 0.727. The highest BCUT2D eigenvalue weighted by Gasteiger charge is 2.18. The fourth-order valence-corrected chi connectivity index (χ4v) is 3.88. The molecule has 1 saturated carbocycles. The predicted molar refractivity (Wildman–Crippen MR) is 107 cm³/mol.